The summed E-state index contributed by atoms with van der Waals surface area (Å²) >= 11 is 7.88. The van der Waals surface area contributed by atoms with Crippen molar-refractivity contribution in [1.82, 2.24) is 4.98 Å². The topological polar surface area (TPSA) is 60.5 Å². The van der Waals surface area contributed by atoms with Crippen molar-refractivity contribution in [2.24, 2.45) is 5.92 Å². The van der Waals surface area contributed by atoms with Gasteiger partial charge in [-0.05, 0) is 44.4 Å². The maximum atomic E-state index is 12.2. The van der Waals surface area contributed by atoms with E-state index in [1.54, 1.807) is 0 Å². The van der Waals surface area contributed by atoms with E-state index in [1.165, 1.54) is 11.8 Å². The third-order valence-corrected chi connectivity index (χ3v) is 6.19. The van der Waals surface area contributed by atoms with E-state index in [2.05, 4.69) is 17.5 Å². The van der Waals surface area contributed by atoms with Gasteiger partial charge in [0.05, 0.1) is 41.3 Å². The zero-order valence-corrected chi connectivity index (χ0v) is 17.8. The van der Waals surface area contributed by atoms with E-state index >= 15 is 0 Å². The molecule has 0 bridgehead atoms. The van der Waals surface area contributed by atoms with E-state index in [1.807, 2.05) is 31.2 Å². The van der Waals surface area contributed by atoms with E-state index in [4.69, 9.17) is 26.1 Å². The molecule has 2 aromatic rings. The molecule has 1 aromatic heterocycles. The van der Waals surface area contributed by atoms with E-state index < -0.39 is 0 Å². The second kappa shape index (κ2) is 9.20. The molecule has 0 atom stereocenters. The van der Waals surface area contributed by atoms with Crippen molar-refractivity contribution < 1.29 is 14.3 Å². The van der Waals surface area contributed by atoms with E-state index in [9.17, 15) is 4.79 Å². The van der Waals surface area contributed by atoms with E-state index in [0.29, 0.717) is 19.8 Å². The predicted octanol–water partition coefficient (Wildman–Crippen LogP) is 5.56. The minimum atomic E-state index is -0.0707. The Morgan fingerprint density at radius 1 is 1.31 bits per heavy atom. The number of carbonyl (C=O) groups is 1. The minimum absolute atomic E-state index is 0.0179. The molecule has 0 radical (unpaired) electrons. The largest absolute Gasteiger partial charge is 0.493 e. The molecular weight excluding hydrogens is 408 g/mol. The van der Waals surface area contributed by atoms with Gasteiger partial charge < -0.3 is 14.8 Å². The highest BCUT2D eigenvalue weighted by Gasteiger charge is 2.26. The Hall–Kier alpha value is -2.02. The van der Waals surface area contributed by atoms with Crippen molar-refractivity contribution in [3.8, 4) is 5.75 Å². The van der Waals surface area contributed by atoms with Crippen molar-refractivity contribution in [3.63, 3.8) is 0 Å². The van der Waals surface area contributed by atoms with Crippen LogP contribution in [0.2, 0.25) is 0 Å². The molecule has 1 amide bonds. The molecule has 3 heterocycles. The highest BCUT2D eigenvalue weighted by Crippen LogP contribution is 2.40. The summed E-state index contributed by atoms with van der Waals surface area (Å²) in [5.74, 6) is 0.661. The SMILES string of the molecule is CCOc1cc(/C2=C/CCC/C=C(\Cl)S2)nc2ccc(NC(=O)C3COC3)cc12. The standard InChI is InChI=1S/C22H23ClN2O3S/c1-2-28-19-11-18(20-6-4-3-5-7-21(23)29-20)25-17-9-8-15(10-16(17)19)24-22(26)14-12-27-13-14/h6-11,14H,2-5,12-13H2,1H3,(H,24,26)/b20-6-,21-7+. The molecule has 1 N–H and O–H groups in total. The number of fused-ring (bicyclic) bond motifs is 1. The maximum absolute atomic E-state index is 12.2. The summed E-state index contributed by atoms with van der Waals surface area (Å²) < 4.78 is 11.8. The Bertz CT molecular complexity index is 985. The number of thioether (sulfide) groups is 1. The number of nitrogens with zero attached hydrogens (tertiary/aromatic N) is 1. The lowest BCUT2D eigenvalue weighted by Gasteiger charge is -2.24. The fraction of sp³-hybridized carbons (Fsp3) is 0.364. The number of allylic oxidation sites excluding steroid dienone is 2. The van der Waals surface area contributed by atoms with Crippen molar-refractivity contribution in [1.29, 1.82) is 0 Å². The molecule has 1 saturated heterocycles. The van der Waals surface area contributed by atoms with Crippen LogP contribution in [-0.2, 0) is 9.53 Å². The average molecular weight is 431 g/mol. The smallest absolute Gasteiger partial charge is 0.232 e. The van der Waals surface area contributed by atoms with Gasteiger partial charge in [-0.1, -0.05) is 35.5 Å². The monoisotopic (exact) mass is 430 g/mol. The Morgan fingerprint density at radius 2 is 2.14 bits per heavy atom. The Balaban J connectivity index is 1.68. The van der Waals surface area contributed by atoms with Gasteiger partial charge in [-0.15, -0.1) is 0 Å². The summed E-state index contributed by atoms with van der Waals surface area (Å²) in [6, 6.07) is 7.67. The average Bonchev–Trinajstić information content (AvgIpc) is 2.63. The van der Waals surface area contributed by atoms with Crippen LogP contribution in [0.5, 0.6) is 5.75 Å². The first-order valence-electron chi connectivity index (χ1n) is 9.84. The third-order valence-electron chi connectivity index (χ3n) is 4.85. The molecule has 0 aliphatic carbocycles. The molecule has 0 spiro atoms. The van der Waals surface area contributed by atoms with Crippen molar-refractivity contribution >= 4 is 50.8 Å². The van der Waals surface area contributed by atoms with Crippen LogP contribution in [0, 0.1) is 5.92 Å². The molecule has 29 heavy (non-hydrogen) atoms. The number of nitrogens with one attached hydrogen (secondary N) is 1. The van der Waals surface area contributed by atoms with Gasteiger partial charge in [0.2, 0.25) is 5.91 Å². The van der Waals surface area contributed by atoms with Gasteiger partial charge in [-0.2, -0.15) is 0 Å². The van der Waals surface area contributed by atoms with Gasteiger partial charge in [0, 0.05) is 22.0 Å². The fourth-order valence-electron chi connectivity index (χ4n) is 3.22. The number of amides is 1. The van der Waals surface area contributed by atoms with Gasteiger partial charge >= 0.3 is 0 Å². The van der Waals surface area contributed by atoms with Gasteiger partial charge in [-0.3, -0.25) is 4.79 Å². The number of hydrogen-bond donors (Lipinski definition) is 1. The second-order valence-electron chi connectivity index (χ2n) is 7.00. The first-order chi connectivity index (χ1) is 14.1. The van der Waals surface area contributed by atoms with Gasteiger partial charge in [0.1, 0.15) is 5.75 Å². The van der Waals surface area contributed by atoms with Crippen LogP contribution >= 0.6 is 23.4 Å². The highest BCUT2D eigenvalue weighted by atomic mass is 35.5. The summed E-state index contributed by atoms with van der Waals surface area (Å²) in [6.07, 6.45) is 7.31. The number of pyridine rings is 1. The molecule has 1 fully saturated rings. The lowest BCUT2D eigenvalue weighted by atomic mass is 10.1. The maximum Gasteiger partial charge on any atom is 0.232 e. The fourth-order valence-corrected chi connectivity index (χ4v) is 4.40. The molecule has 152 valence electrons. The Kier molecular flexibility index (Phi) is 6.43. The summed E-state index contributed by atoms with van der Waals surface area (Å²) in [5.41, 5.74) is 2.40. The summed E-state index contributed by atoms with van der Waals surface area (Å²) in [4.78, 5) is 18.1. The van der Waals surface area contributed by atoms with Crippen molar-refractivity contribution in [2.75, 3.05) is 25.1 Å². The first-order valence-corrected chi connectivity index (χ1v) is 11.0. The summed E-state index contributed by atoms with van der Waals surface area (Å²) in [5, 5.41) is 3.83. The summed E-state index contributed by atoms with van der Waals surface area (Å²) in [6.45, 7) is 3.47. The van der Waals surface area contributed by atoms with Crippen LogP contribution in [0.25, 0.3) is 15.8 Å². The summed E-state index contributed by atoms with van der Waals surface area (Å²) in [7, 11) is 0. The predicted molar refractivity (Wildman–Crippen MR) is 119 cm³/mol. The molecule has 1 aromatic carbocycles. The quantitative estimate of drug-likeness (QED) is 0.673. The van der Waals surface area contributed by atoms with Crippen LogP contribution in [0.4, 0.5) is 5.69 Å². The lowest BCUT2D eigenvalue weighted by molar-refractivity contribution is -0.133. The molecule has 2 aliphatic heterocycles. The molecule has 5 nitrogen and oxygen atoms in total. The molecular formula is C22H23ClN2O3S. The van der Waals surface area contributed by atoms with Gasteiger partial charge in [0.15, 0.2) is 0 Å². The molecule has 0 saturated carbocycles. The third kappa shape index (κ3) is 4.77. The normalized spacial score (nSPS) is 21.2. The van der Waals surface area contributed by atoms with E-state index in [0.717, 1.165) is 56.6 Å². The zero-order valence-electron chi connectivity index (χ0n) is 16.2. The Labute approximate surface area is 179 Å². The molecule has 4 rings (SSSR count). The van der Waals surface area contributed by atoms with Crippen LogP contribution in [-0.4, -0.2) is 30.7 Å². The molecule has 2 aliphatic rings. The first kappa shape index (κ1) is 20.3. The van der Waals surface area contributed by atoms with Crippen LogP contribution < -0.4 is 10.1 Å². The number of carbonyl (C=O) groups excluding carboxylic acids is 1. The molecule has 7 heteroatoms. The lowest BCUT2D eigenvalue weighted by Crippen LogP contribution is -2.38. The number of anilines is 1. The van der Waals surface area contributed by atoms with Crippen molar-refractivity contribution in [3.05, 3.63) is 46.5 Å². The van der Waals surface area contributed by atoms with E-state index in [-0.39, 0.29) is 11.8 Å². The van der Waals surface area contributed by atoms with Crippen molar-refractivity contribution in [2.45, 2.75) is 26.2 Å². The number of benzene rings is 1. The van der Waals surface area contributed by atoms with Crippen LogP contribution in [0.3, 0.4) is 0 Å². The highest BCUT2D eigenvalue weighted by molar-refractivity contribution is 8.13. The van der Waals surface area contributed by atoms with Gasteiger partial charge in [0.25, 0.3) is 0 Å². The number of aromatic nitrogens is 1. The number of rotatable bonds is 5. The minimum Gasteiger partial charge on any atom is -0.493 e. The Morgan fingerprint density at radius 3 is 2.90 bits per heavy atom. The second-order valence-corrected chi connectivity index (χ2v) is 8.72. The zero-order chi connectivity index (χ0) is 20.2. The number of ether oxygens (including phenoxy) is 2. The van der Waals surface area contributed by atoms with Crippen LogP contribution in [0.1, 0.15) is 31.9 Å². The number of hydrogen-bond acceptors (Lipinski definition) is 5. The molecule has 0 unspecified atom stereocenters. The van der Waals surface area contributed by atoms with Crippen LogP contribution in [0.15, 0.2) is 40.8 Å². The number of halogens is 1. The van der Waals surface area contributed by atoms with Gasteiger partial charge in [-0.25, -0.2) is 4.98 Å².